The van der Waals surface area contributed by atoms with Gasteiger partial charge in [-0.05, 0) is 39.0 Å². The van der Waals surface area contributed by atoms with Gasteiger partial charge in [0.2, 0.25) is 0 Å². The second-order valence-electron chi connectivity index (χ2n) is 6.67. The molecule has 2 unspecified atom stereocenters. The lowest BCUT2D eigenvalue weighted by molar-refractivity contribution is -0.154. The molecule has 5 heteroatoms. The average molecular weight is 316 g/mol. The summed E-state index contributed by atoms with van der Waals surface area (Å²) in [6.45, 7) is 2.48. The first-order chi connectivity index (χ1) is 9.89. The third kappa shape index (κ3) is 3.86. The van der Waals surface area contributed by atoms with E-state index in [1.54, 1.807) is 0 Å². The molecule has 0 aliphatic heterocycles. The number of ketones is 1. The fourth-order valence-corrected chi connectivity index (χ4v) is 5.18. The van der Waals surface area contributed by atoms with Gasteiger partial charge in [-0.25, -0.2) is 8.42 Å². The van der Waals surface area contributed by atoms with Crippen LogP contribution >= 0.6 is 0 Å². The Bertz CT molecular complexity index is 457. The molecule has 2 aliphatic rings. The molecule has 0 N–H and O–H groups in total. The third-order valence-corrected chi connectivity index (χ3v) is 6.77. The summed E-state index contributed by atoms with van der Waals surface area (Å²) in [6, 6.07) is 0. The molecule has 122 valence electrons. The molecular weight excluding hydrogens is 288 g/mol. The zero-order valence-electron chi connectivity index (χ0n) is 13.3. The van der Waals surface area contributed by atoms with Gasteiger partial charge in [0.15, 0.2) is 5.78 Å². The second kappa shape index (κ2) is 6.78. The van der Waals surface area contributed by atoms with Crippen LogP contribution in [-0.4, -0.2) is 37.9 Å². The van der Waals surface area contributed by atoms with Crippen LogP contribution in [0.4, 0.5) is 0 Å². The van der Waals surface area contributed by atoms with Crippen LogP contribution in [-0.2, 0) is 19.4 Å². The minimum absolute atomic E-state index is 0.136. The van der Waals surface area contributed by atoms with Crippen molar-refractivity contribution in [2.45, 2.75) is 75.6 Å². The Hall–Kier alpha value is -0.420. The van der Waals surface area contributed by atoms with Crippen molar-refractivity contribution in [1.29, 1.82) is 0 Å². The molecule has 2 rings (SSSR count). The van der Waals surface area contributed by atoms with E-state index in [1.165, 1.54) is 12.7 Å². The highest BCUT2D eigenvalue weighted by molar-refractivity contribution is 7.91. The van der Waals surface area contributed by atoms with E-state index in [9.17, 15) is 13.2 Å². The lowest BCUT2D eigenvalue weighted by Crippen LogP contribution is -2.48. The summed E-state index contributed by atoms with van der Waals surface area (Å²) in [7, 11) is -3.05. The van der Waals surface area contributed by atoms with Gasteiger partial charge in [-0.15, -0.1) is 0 Å². The fraction of sp³-hybridized carbons (Fsp3) is 0.938. The molecule has 21 heavy (non-hydrogen) atoms. The molecule has 0 aromatic heterocycles. The minimum atomic E-state index is -3.05. The van der Waals surface area contributed by atoms with Gasteiger partial charge in [0, 0.05) is 18.8 Å². The molecule has 0 amide bonds. The highest BCUT2D eigenvalue weighted by Crippen LogP contribution is 2.39. The predicted octanol–water partition coefficient (Wildman–Crippen LogP) is 2.90. The van der Waals surface area contributed by atoms with Crippen molar-refractivity contribution in [3.05, 3.63) is 0 Å². The number of sulfone groups is 1. The Morgan fingerprint density at radius 3 is 2.38 bits per heavy atom. The van der Waals surface area contributed by atoms with E-state index in [0.717, 1.165) is 38.5 Å². The van der Waals surface area contributed by atoms with Crippen molar-refractivity contribution < 1.29 is 17.9 Å². The highest BCUT2D eigenvalue weighted by atomic mass is 32.2. The maximum Gasteiger partial charge on any atom is 0.167 e. The molecule has 4 nitrogen and oxygen atoms in total. The van der Waals surface area contributed by atoms with Crippen LogP contribution in [0.2, 0.25) is 0 Å². The standard InChI is InChI=1S/C16H28O4S/c1-3-20-16(10-5-4-6-11-16)15(17)13-8-7-9-14(12-13)21(2,18)19/h13-14H,3-12H2,1-2H3. The van der Waals surface area contributed by atoms with Crippen LogP contribution in [0.5, 0.6) is 0 Å². The molecule has 2 fully saturated rings. The number of carbonyl (C=O) groups is 1. The SMILES string of the molecule is CCOC1(C(=O)C2CCCC(S(C)(=O)=O)C2)CCCCC1. The van der Waals surface area contributed by atoms with Crippen molar-refractivity contribution >= 4 is 15.6 Å². The molecular formula is C16H28O4S. The number of carbonyl (C=O) groups excluding carboxylic acids is 1. The Kier molecular flexibility index (Phi) is 5.47. The topological polar surface area (TPSA) is 60.4 Å². The minimum Gasteiger partial charge on any atom is -0.367 e. The van der Waals surface area contributed by atoms with Crippen molar-refractivity contribution in [3.8, 4) is 0 Å². The zero-order chi connectivity index (χ0) is 15.5. The normalized spacial score (nSPS) is 30.0. The van der Waals surface area contributed by atoms with Crippen LogP contribution in [0.15, 0.2) is 0 Å². The van der Waals surface area contributed by atoms with E-state index < -0.39 is 15.4 Å². The lowest BCUT2D eigenvalue weighted by Gasteiger charge is -2.39. The van der Waals surface area contributed by atoms with Crippen molar-refractivity contribution in [2.75, 3.05) is 12.9 Å². The third-order valence-electron chi connectivity index (χ3n) is 5.13. The van der Waals surface area contributed by atoms with Crippen LogP contribution in [0.1, 0.15) is 64.7 Å². The fourth-order valence-electron chi connectivity index (χ4n) is 4.01. The summed E-state index contributed by atoms with van der Waals surface area (Å²) < 4.78 is 29.5. The summed E-state index contributed by atoms with van der Waals surface area (Å²) in [5.74, 6) is 0.0422. The number of hydrogen-bond donors (Lipinski definition) is 0. The van der Waals surface area contributed by atoms with E-state index in [-0.39, 0.29) is 17.0 Å². The van der Waals surface area contributed by atoms with Crippen LogP contribution < -0.4 is 0 Å². The molecule has 0 aromatic carbocycles. The van der Waals surface area contributed by atoms with E-state index in [4.69, 9.17) is 4.74 Å². The van der Waals surface area contributed by atoms with Crippen molar-refractivity contribution in [2.24, 2.45) is 5.92 Å². The van der Waals surface area contributed by atoms with Gasteiger partial charge in [0.1, 0.15) is 15.4 Å². The Morgan fingerprint density at radius 1 is 1.14 bits per heavy atom. The van der Waals surface area contributed by atoms with E-state index in [1.807, 2.05) is 6.92 Å². The van der Waals surface area contributed by atoms with Crippen molar-refractivity contribution in [1.82, 2.24) is 0 Å². The van der Waals surface area contributed by atoms with Gasteiger partial charge in [0.05, 0.1) is 5.25 Å². The van der Waals surface area contributed by atoms with Gasteiger partial charge >= 0.3 is 0 Å². The summed E-state index contributed by atoms with van der Waals surface area (Å²) in [5, 5.41) is -0.345. The molecule has 0 spiro atoms. The molecule has 2 atom stereocenters. The Balaban J connectivity index is 2.13. The molecule has 2 saturated carbocycles. The van der Waals surface area contributed by atoms with Gasteiger partial charge in [-0.1, -0.05) is 25.7 Å². The monoisotopic (exact) mass is 316 g/mol. The number of Topliss-reactive ketones (excluding diaryl/α,β-unsaturated/α-hetero) is 1. The largest absolute Gasteiger partial charge is 0.367 e. The first kappa shape index (κ1) is 16.9. The van der Waals surface area contributed by atoms with Gasteiger partial charge in [-0.2, -0.15) is 0 Å². The highest BCUT2D eigenvalue weighted by Gasteiger charge is 2.45. The quantitative estimate of drug-likeness (QED) is 0.782. The molecule has 2 aliphatic carbocycles. The van der Waals surface area contributed by atoms with Crippen LogP contribution in [0, 0.1) is 5.92 Å². The summed E-state index contributed by atoms with van der Waals surface area (Å²) in [5.41, 5.74) is -0.628. The predicted molar refractivity (Wildman–Crippen MR) is 83.0 cm³/mol. The van der Waals surface area contributed by atoms with E-state index in [2.05, 4.69) is 0 Å². The summed E-state index contributed by atoms with van der Waals surface area (Å²) in [6.07, 6.45) is 8.98. The maximum atomic E-state index is 13.0. The van der Waals surface area contributed by atoms with Crippen LogP contribution in [0.3, 0.4) is 0 Å². The smallest absolute Gasteiger partial charge is 0.167 e. The molecule has 0 aromatic rings. The average Bonchev–Trinajstić information content (AvgIpc) is 2.47. The Morgan fingerprint density at radius 2 is 1.81 bits per heavy atom. The van der Waals surface area contributed by atoms with Gasteiger partial charge in [0.25, 0.3) is 0 Å². The first-order valence-electron chi connectivity index (χ1n) is 8.26. The summed E-state index contributed by atoms with van der Waals surface area (Å²) in [4.78, 5) is 13.0. The molecule has 0 bridgehead atoms. The van der Waals surface area contributed by atoms with Gasteiger partial charge < -0.3 is 4.74 Å². The summed E-state index contributed by atoms with van der Waals surface area (Å²) >= 11 is 0. The maximum absolute atomic E-state index is 13.0. The number of rotatable bonds is 5. The zero-order valence-corrected chi connectivity index (χ0v) is 14.1. The second-order valence-corrected chi connectivity index (χ2v) is 8.99. The van der Waals surface area contributed by atoms with E-state index in [0.29, 0.717) is 19.4 Å². The van der Waals surface area contributed by atoms with E-state index >= 15 is 0 Å². The number of hydrogen-bond acceptors (Lipinski definition) is 4. The molecule has 0 heterocycles. The first-order valence-corrected chi connectivity index (χ1v) is 10.2. The Labute approximate surface area is 128 Å². The van der Waals surface area contributed by atoms with Gasteiger partial charge in [-0.3, -0.25) is 4.79 Å². The number of ether oxygens (including phenoxy) is 1. The van der Waals surface area contributed by atoms with Crippen molar-refractivity contribution in [3.63, 3.8) is 0 Å². The molecule has 0 saturated heterocycles. The lowest BCUT2D eigenvalue weighted by atomic mass is 9.73. The van der Waals surface area contributed by atoms with Crippen LogP contribution in [0.25, 0.3) is 0 Å². The molecule has 0 radical (unpaired) electrons.